The molecular formula is C15H14Cl2N6S2. The normalized spacial score (nSPS) is 14.4. The fraction of sp³-hybridized carbons (Fsp3) is 0.333. The van der Waals surface area contributed by atoms with Crippen molar-refractivity contribution in [3.8, 4) is 5.69 Å². The van der Waals surface area contributed by atoms with E-state index in [2.05, 4.69) is 29.3 Å². The third kappa shape index (κ3) is 3.62. The van der Waals surface area contributed by atoms with Gasteiger partial charge in [-0.1, -0.05) is 45.5 Å². The lowest BCUT2D eigenvalue weighted by molar-refractivity contribution is 0.841. The fourth-order valence-electron chi connectivity index (χ4n) is 2.73. The average molecular weight is 413 g/mol. The maximum atomic E-state index is 6.20. The molecule has 1 fully saturated rings. The minimum Gasteiger partial charge on any atom is -0.341 e. The minimum atomic E-state index is 0.591. The largest absolute Gasteiger partial charge is 0.341 e. The van der Waals surface area contributed by atoms with Crippen molar-refractivity contribution in [3.05, 3.63) is 39.3 Å². The van der Waals surface area contributed by atoms with E-state index in [1.807, 2.05) is 24.3 Å². The zero-order chi connectivity index (χ0) is 17.2. The van der Waals surface area contributed by atoms with Crippen molar-refractivity contribution in [2.24, 2.45) is 0 Å². The van der Waals surface area contributed by atoms with Gasteiger partial charge in [-0.25, -0.2) is 0 Å². The van der Waals surface area contributed by atoms with Crippen molar-refractivity contribution >= 4 is 52.4 Å². The molecule has 4 rings (SSSR count). The third-order valence-electron chi connectivity index (χ3n) is 3.92. The van der Waals surface area contributed by atoms with E-state index in [9.17, 15) is 0 Å². The minimum absolute atomic E-state index is 0.591. The Morgan fingerprint density at radius 2 is 1.96 bits per heavy atom. The van der Waals surface area contributed by atoms with Gasteiger partial charge in [0.2, 0.25) is 5.95 Å². The van der Waals surface area contributed by atoms with Crippen LogP contribution in [0.15, 0.2) is 29.4 Å². The van der Waals surface area contributed by atoms with Crippen LogP contribution in [0.5, 0.6) is 0 Å². The number of hydrogen-bond donors (Lipinski definition) is 0. The molecule has 0 radical (unpaired) electrons. The van der Waals surface area contributed by atoms with Crippen LogP contribution in [0, 0.1) is 0 Å². The van der Waals surface area contributed by atoms with E-state index in [4.69, 9.17) is 23.2 Å². The van der Waals surface area contributed by atoms with Gasteiger partial charge in [-0.2, -0.15) is 0 Å². The number of anilines is 1. The van der Waals surface area contributed by atoms with Crippen LogP contribution >= 0.6 is 46.5 Å². The molecule has 130 valence electrons. The Balaban J connectivity index is 1.69. The summed E-state index contributed by atoms with van der Waals surface area (Å²) in [5.74, 6) is 1.44. The first-order chi connectivity index (χ1) is 12.2. The maximum Gasteiger partial charge on any atom is 0.232 e. The van der Waals surface area contributed by atoms with Crippen LogP contribution in [0.4, 0.5) is 5.95 Å². The van der Waals surface area contributed by atoms with Crippen LogP contribution < -0.4 is 4.90 Å². The van der Waals surface area contributed by atoms with Crippen LogP contribution in [0.1, 0.15) is 18.5 Å². The lowest BCUT2D eigenvalue weighted by Crippen LogP contribution is -2.22. The molecule has 25 heavy (non-hydrogen) atoms. The topological polar surface area (TPSA) is 59.7 Å². The first kappa shape index (κ1) is 17.1. The second-order valence-corrected chi connectivity index (χ2v) is 8.31. The number of thioether (sulfide) groups is 1. The maximum absolute atomic E-state index is 6.20. The van der Waals surface area contributed by atoms with Crippen LogP contribution in [0.25, 0.3) is 5.69 Å². The molecule has 0 amide bonds. The van der Waals surface area contributed by atoms with Gasteiger partial charge in [-0.05, 0) is 31.0 Å². The molecule has 1 aliphatic heterocycles. The van der Waals surface area contributed by atoms with E-state index in [-0.39, 0.29) is 0 Å². The second kappa shape index (κ2) is 7.49. The molecule has 3 heterocycles. The Morgan fingerprint density at radius 3 is 2.68 bits per heavy atom. The quantitative estimate of drug-likeness (QED) is 0.581. The summed E-state index contributed by atoms with van der Waals surface area (Å²) in [5.41, 5.74) is 1.71. The van der Waals surface area contributed by atoms with E-state index < -0.39 is 0 Å². The predicted octanol–water partition coefficient (Wildman–Crippen LogP) is 4.32. The Labute approximate surface area is 163 Å². The number of benzene rings is 1. The standard InChI is InChI=1S/C15H14Cl2N6S2/c16-10-4-3-5-11(8-10)23-14(22-6-1-2-7-22)19-20-15(23)24-9-12-13(17)25-21-18-12/h3-5,8H,1-2,6-7,9H2. The van der Waals surface area contributed by atoms with E-state index >= 15 is 0 Å². The van der Waals surface area contributed by atoms with Gasteiger partial charge >= 0.3 is 0 Å². The SMILES string of the molecule is Clc1cccc(-n2c(SCc3nnsc3Cl)nnc2N2CCCC2)c1. The molecule has 6 nitrogen and oxygen atoms in total. The summed E-state index contributed by atoms with van der Waals surface area (Å²) in [5, 5.41) is 14.4. The smallest absolute Gasteiger partial charge is 0.232 e. The molecule has 0 spiro atoms. The molecule has 0 saturated carbocycles. The van der Waals surface area contributed by atoms with Crippen molar-refractivity contribution in [1.82, 2.24) is 24.4 Å². The van der Waals surface area contributed by atoms with Gasteiger partial charge in [-0.3, -0.25) is 4.57 Å². The molecule has 1 aliphatic rings. The van der Waals surface area contributed by atoms with Gasteiger partial charge in [0, 0.05) is 35.4 Å². The highest BCUT2D eigenvalue weighted by Gasteiger charge is 2.23. The van der Waals surface area contributed by atoms with Gasteiger partial charge in [0.15, 0.2) is 5.16 Å². The van der Waals surface area contributed by atoms with E-state index in [1.54, 1.807) is 0 Å². The summed E-state index contributed by atoms with van der Waals surface area (Å²) in [7, 11) is 0. The number of aromatic nitrogens is 5. The third-order valence-corrected chi connectivity index (χ3v) is 6.08. The number of rotatable bonds is 5. The molecule has 10 heteroatoms. The molecule has 3 aromatic rings. The van der Waals surface area contributed by atoms with Crippen LogP contribution in [0.3, 0.4) is 0 Å². The van der Waals surface area contributed by atoms with E-state index in [1.165, 1.54) is 36.1 Å². The average Bonchev–Trinajstić information content (AvgIpc) is 3.33. The first-order valence-corrected chi connectivity index (χ1v) is 10.3. The summed E-state index contributed by atoms with van der Waals surface area (Å²) < 4.78 is 6.54. The van der Waals surface area contributed by atoms with Crippen molar-refractivity contribution in [2.45, 2.75) is 23.8 Å². The lowest BCUT2D eigenvalue weighted by Gasteiger charge is -2.18. The highest BCUT2D eigenvalue weighted by molar-refractivity contribution is 7.98. The lowest BCUT2D eigenvalue weighted by atomic mass is 10.3. The summed E-state index contributed by atoms with van der Waals surface area (Å²) in [6, 6.07) is 7.72. The van der Waals surface area contributed by atoms with Crippen molar-refractivity contribution in [3.63, 3.8) is 0 Å². The molecule has 1 saturated heterocycles. The summed E-state index contributed by atoms with van der Waals surface area (Å²) in [4.78, 5) is 2.26. The Hall–Kier alpha value is -1.35. The summed E-state index contributed by atoms with van der Waals surface area (Å²) in [6.07, 6.45) is 2.34. The Kier molecular flexibility index (Phi) is 5.12. The predicted molar refractivity (Wildman–Crippen MR) is 102 cm³/mol. The van der Waals surface area contributed by atoms with E-state index in [0.29, 0.717) is 15.1 Å². The number of nitrogens with zero attached hydrogens (tertiary/aromatic N) is 6. The summed E-state index contributed by atoms with van der Waals surface area (Å²) in [6.45, 7) is 1.98. The molecule has 0 unspecified atom stereocenters. The fourth-order valence-corrected chi connectivity index (χ4v) is 4.60. The highest BCUT2D eigenvalue weighted by Crippen LogP contribution is 2.32. The van der Waals surface area contributed by atoms with Crippen molar-refractivity contribution < 1.29 is 0 Å². The van der Waals surface area contributed by atoms with E-state index in [0.717, 1.165) is 35.6 Å². The van der Waals surface area contributed by atoms with Crippen LogP contribution in [-0.4, -0.2) is 37.4 Å². The summed E-state index contributed by atoms with van der Waals surface area (Å²) >= 11 is 15.0. The number of hydrogen-bond acceptors (Lipinski definition) is 7. The molecule has 0 aliphatic carbocycles. The monoisotopic (exact) mass is 412 g/mol. The molecular weight excluding hydrogens is 399 g/mol. The highest BCUT2D eigenvalue weighted by atomic mass is 35.5. The van der Waals surface area contributed by atoms with Crippen LogP contribution in [0.2, 0.25) is 9.36 Å². The first-order valence-electron chi connectivity index (χ1n) is 7.78. The van der Waals surface area contributed by atoms with Gasteiger partial charge in [0.1, 0.15) is 10.0 Å². The molecule has 1 aromatic carbocycles. The zero-order valence-corrected chi connectivity index (χ0v) is 16.2. The molecule has 0 N–H and O–H groups in total. The molecule has 0 atom stereocenters. The molecule has 0 bridgehead atoms. The van der Waals surface area contributed by atoms with Gasteiger partial charge in [0.25, 0.3) is 0 Å². The van der Waals surface area contributed by atoms with Crippen molar-refractivity contribution in [2.75, 3.05) is 18.0 Å². The van der Waals surface area contributed by atoms with Crippen LogP contribution in [-0.2, 0) is 5.75 Å². The van der Waals surface area contributed by atoms with Gasteiger partial charge in [-0.15, -0.1) is 15.3 Å². The van der Waals surface area contributed by atoms with Crippen molar-refractivity contribution in [1.29, 1.82) is 0 Å². The number of halogens is 2. The second-order valence-electron chi connectivity index (χ2n) is 5.57. The molecule has 2 aromatic heterocycles. The van der Waals surface area contributed by atoms with Gasteiger partial charge in [0.05, 0.1) is 5.69 Å². The Bertz CT molecular complexity index is 875. The zero-order valence-electron chi connectivity index (χ0n) is 13.1. The van der Waals surface area contributed by atoms with Gasteiger partial charge < -0.3 is 4.90 Å². The Morgan fingerprint density at radius 1 is 1.12 bits per heavy atom.